The summed E-state index contributed by atoms with van der Waals surface area (Å²) in [5.74, 6) is 1.90. The molecule has 0 spiro atoms. The van der Waals surface area contributed by atoms with Gasteiger partial charge in [0.05, 0.1) is 11.3 Å². The van der Waals surface area contributed by atoms with Gasteiger partial charge in [-0.25, -0.2) is 4.79 Å². The second kappa shape index (κ2) is 5.50. The van der Waals surface area contributed by atoms with Crippen LogP contribution in [0.4, 0.5) is 0 Å². The van der Waals surface area contributed by atoms with Gasteiger partial charge in [-0.15, -0.1) is 0 Å². The fourth-order valence-electron chi connectivity index (χ4n) is 1.29. The molecule has 1 aromatic rings. The molecule has 0 radical (unpaired) electrons. The molecule has 0 atom stereocenters. The van der Waals surface area contributed by atoms with Crippen LogP contribution >= 0.6 is 0 Å². The molecule has 0 N–H and O–H groups in total. The van der Waals surface area contributed by atoms with Gasteiger partial charge in [0.1, 0.15) is 11.7 Å². The number of aromatic nitrogens is 1. The largest absolute Gasteiger partial charge is 0.255 e. The van der Waals surface area contributed by atoms with E-state index in [9.17, 15) is 4.79 Å². The quantitative estimate of drug-likeness (QED) is 0.580. The van der Waals surface area contributed by atoms with Crippen molar-refractivity contribution in [1.29, 1.82) is 0 Å². The zero-order chi connectivity index (χ0) is 9.80. The van der Waals surface area contributed by atoms with Gasteiger partial charge < -0.3 is 0 Å². The van der Waals surface area contributed by atoms with Crippen molar-refractivity contribution in [2.75, 3.05) is 0 Å². The molecule has 3 nitrogen and oxygen atoms in total. The first kappa shape index (κ1) is 11.7. The molecule has 76 valence electrons. The van der Waals surface area contributed by atoms with Crippen LogP contribution in [0.2, 0.25) is 0 Å². The maximum atomic E-state index is 10.6. The number of rotatable bonds is 1. The van der Waals surface area contributed by atoms with Gasteiger partial charge in [0.25, 0.3) is 0 Å². The summed E-state index contributed by atoms with van der Waals surface area (Å²) in [4.78, 5) is 18.9. The van der Waals surface area contributed by atoms with E-state index in [-0.39, 0.29) is 19.5 Å². The van der Waals surface area contributed by atoms with E-state index < -0.39 is 0 Å². The van der Waals surface area contributed by atoms with Crippen LogP contribution < -0.4 is 0 Å². The van der Waals surface area contributed by atoms with E-state index in [4.69, 9.17) is 0 Å². The van der Waals surface area contributed by atoms with Crippen LogP contribution in [0.5, 0.6) is 0 Å². The number of aliphatic imine (C=N–C) groups is 1. The minimum absolute atomic E-state index is 0. The summed E-state index contributed by atoms with van der Waals surface area (Å²) in [7, 11) is 0. The van der Waals surface area contributed by atoms with Gasteiger partial charge in [-0.3, -0.25) is 9.98 Å². The van der Waals surface area contributed by atoms with Crippen LogP contribution in [-0.4, -0.2) is 16.6 Å². The number of pyridine rings is 1. The summed E-state index contributed by atoms with van der Waals surface area (Å²) < 4.78 is 0. The fourth-order valence-corrected chi connectivity index (χ4v) is 1.29. The van der Waals surface area contributed by atoms with E-state index in [0.29, 0.717) is 17.7 Å². The normalized spacial score (nSPS) is 13.9. The average molecular weight is 285 g/mol. The Morgan fingerprint density at radius 2 is 2.20 bits per heavy atom. The zero-order valence-corrected chi connectivity index (χ0v) is 9.57. The fraction of sp³-hybridized carbons (Fsp3) is 0.0909. The van der Waals surface area contributed by atoms with E-state index in [1.807, 2.05) is 30.2 Å². The minimum Gasteiger partial charge on any atom is -0.255 e. The van der Waals surface area contributed by atoms with Crippen LogP contribution in [-0.2, 0) is 24.3 Å². The standard InChI is InChI=1S/C11H8N2O.Ru/c14-8-9-4-3-7-13-11(9)10-5-1-2-6-12-10;/h1-3,5-7H,4H2;. The number of carbonyl (C=O) groups excluding carboxylic acids is 1. The average Bonchev–Trinajstić information content (AvgIpc) is 2.30. The third kappa shape index (κ3) is 2.56. The van der Waals surface area contributed by atoms with Crippen molar-refractivity contribution < 1.29 is 24.3 Å². The van der Waals surface area contributed by atoms with E-state index in [2.05, 4.69) is 9.98 Å². The number of hydrogen-bond donors (Lipinski definition) is 0. The number of hydrogen-bond acceptors (Lipinski definition) is 3. The van der Waals surface area contributed by atoms with Crippen molar-refractivity contribution in [2.45, 2.75) is 6.42 Å². The molecule has 2 heterocycles. The maximum Gasteiger partial charge on any atom is 0.130 e. The molecule has 1 aliphatic heterocycles. The van der Waals surface area contributed by atoms with Crippen LogP contribution in [0.3, 0.4) is 0 Å². The van der Waals surface area contributed by atoms with Gasteiger partial charge in [-0.2, -0.15) is 0 Å². The summed E-state index contributed by atoms with van der Waals surface area (Å²) in [6.07, 6.45) is 5.77. The molecule has 4 heteroatoms. The molecule has 0 fully saturated rings. The van der Waals surface area contributed by atoms with E-state index in [1.165, 1.54) is 0 Å². The monoisotopic (exact) mass is 286 g/mol. The third-order valence-electron chi connectivity index (χ3n) is 1.95. The second-order valence-corrected chi connectivity index (χ2v) is 2.86. The molecule has 15 heavy (non-hydrogen) atoms. The van der Waals surface area contributed by atoms with Crippen molar-refractivity contribution in [3.8, 4) is 0 Å². The van der Waals surface area contributed by atoms with Crippen molar-refractivity contribution in [3.63, 3.8) is 0 Å². The summed E-state index contributed by atoms with van der Waals surface area (Å²) in [6, 6.07) is 5.52. The molecule has 1 aromatic heterocycles. The van der Waals surface area contributed by atoms with Gasteiger partial charge in [0.2, 0.25) is 0 Å². The minimum atomic E-state index is 0. The zero-order valence-electron chi connectivity index (χ0n) is 7.83. The van der Waals surface area contributed by atoms with Crippen molar-refractivity contribution >= 4 is 11.7 Å². The Balaban J connectivity index is 0.00000112. The van der Waals surface area contributed by atoms with Crippen LogP contribution in [0.1, 0.15) is 12.1 Å². The second-order valence-electron chi connectivity index (χ2n) is 2.86. The molecule has 0 bridgehead atoms. The number of allylic oxidation sites excluding steroid dienone is 2. The Bertz CT molecular complexity index is 445. The van der Waals surface area contributed by atoms with Gasteiger partial charge in [-0.1, -0.05) is 12.1 Å². The Labute approximate surface area is 100 Å². The number of nitrogens with zero attached hydrogens (tertiary/aromatic N) is 2. The smallest absolute Gasteiger partial charge is 0.130 e. The van der Waals surface area contributed by atoms with Crippen molar-refractivity contribution in [1.82, 2.24) is 4.98 Å². The summed E-state index contributed by atoms with van der Waals surface area (Å²) in [5.41, 5.74) is 1.91. The summed E-state index contributed by atoms with van der Waals surface area (Å²) in [6.45, 7) is 0. The first-order chi connectivity index (χ1) is 6.92. The molecule has 0 saturated heterocycles. The molecule has 0 amide bonds. The first-order valence-electron chi connectivity index (χ1n) is 4.30. The predicted octanol–water partition coefficient (Wildman–Crippen LogP) is 1.54. The van der Waals surface area contributed by atoms with E-state index in [1.54, 1.807) is 12.4 Å². The van der Waals surface area contributed by atoms with Gasteiger partial charge in [0.15, 0.2) is 0 Å². The van der Waals surface area contributed by atoms with E-state index >= 15 is 0 Å². The Kier molecular flexibility index (Phi) is 4.29. The summed E-state index contributed by atoms with van der Waals surface area (Å²) in [5, 5.41) is 0. The molecular formula is C11H8N2ORu. The van der Waals surface area contributed by atoms with Gasteiger partial charge in [-0.05, 0) is 12.1 Å². The van der Waals surface area contributed by atoms with Crippen LogP contribution in [0.25, 0.3) is 0 Å². The molecule has 0 saturated carbocycles. The molecule has 0 aliphatic carbocycles. The van der Waals surface area contributed by atoms with Crippen LogP contribution in [0, 0.1) is 0 Å². The van der Waals surface area contributed by atoms with Crippen molar-refractivity contribution in [2.24, 2.45) is 4.99 Å². The maximum absolute atomic E-state index is 10.6. The van der Waals surface area contributed by atoms with Gasteiger partial charge >= 0.3 is 0 Å². The Morgan fingerprint density at radius 3 is 2.87 bits per heavy atom. The molecule has 2 rings (SSSR count). The van der Waals surface area contributed by atoms with Crippen LogP contribution in [0.15, 0.2) is 47.2 Å². The SMILES string of the molecule is O=C=C1CC=CN=C1c1ccccn1.[Ru]. The Morgan fingerprint density at radius 1 is 1.33 bits per heavy atom. The van der Waals surface area contributed by atoms with Crippen molar-refractivity contribution in [3.05, 3.63) is 47.9 Å². The molecule has 0 aromatic carbocycles. The molecule has 0 unspecified atom stereocenters. The predicted molar refractivity (Wildman–Crippen MR) is 53.7 cm³/mol. The topological polar surface area (TPSA) is 42.3 Å². The third-order valence-corrected chi connectivity index (χ3v) is 1.95. The molecular weight excluding hydrogens is 277 g/mol. The molecule has 1 aliphatic rings. The van der Waals surface area contributed by atoms with Gasteiger partial charge in [0, 0.05) is 38.3 Å². The Hall–Kier alpha value is -1.37. The summed E-state index contributed by atoms with van der Waals surface area (Å²) >= 11 is 0. The van der Waals surface area contributed by atoms with E-state index in [0.717, 1.165) is 5.69 Å². The first-order valence-corrected chi connectivity index (χ1v) is 4.30.